The molecule has 0 unspecified atom stereocenters. The zero-order chi connectivity index (χ0) is 7.47. The third-order valence-electron chi connectivity index (χ3n) is 1.57. The van der Waals surface area contributed by atoms with Gasteiger partial charge in [-0.3, -0.25) is 0 Å². The summed E-state index contributed by atoms with van der Waals surface area (Å²) >= 11 is 0. The van der Waals surface area contributed by atoms with Gasteiger partial charge in [-0.1, -0.05) is 6.07 Å². The van der Waals surface area contributed by atoms with Crippen LogP contribution in [-0.4, -0.2) is 0 Å². The predicted molar refractivity (Wildman–Crippen MR) is 35.9 cm³/mol. The molecule has 0 fully saturated rings. The van der Waals surface area contributed by atoms with Gasteiger partial charge in [-0.2, -0.15) is 4.57 Å². The first kappa shape index (κ1) is 5.49. The molecule has 1 aromatic carbocycles. The molecule has 11 heavy (non-hydrogen) atoms. The van der Waals surface area contributed by atoms with Crippen LogP contribution >= 0.6 is 7.82 Å². The Balaban J connectivity index is 2.41. The molecular formula is C6H3O4P. The molecule has 0 aliphatic carbocycles. The Bertz CT molecular complexity index is 350. The highest BCUT2D eigenvalue weighted by atomic mass is 31.2. The molecule has 0 aromatic heterocycles. The molecule has 0 radical (unpaired) electrons. The van der Waals surface area contributed by atoms with Gasteiger partial charge in [0.25, 0.3) is 0 Å². The summed E-state index contributed by atoms with van der Waals surface area (Å²) in [6.45, 7) is 0. The van der Waals surface area contributed by atoms with Crippen molar-refractivity contribution in [1.29, 1.82) is 0 Å². The molecule has 3 rings (SSSR count). The van der Waals surface area contributed by atoms with Crippen molar-refractivity contribution in [3.05, 3.63) is 18.2 Å². The summed E-state index contributed by atoms with van der Waals surface area (Å²) in [5.74, 6) is 1.49. The molecule has 0 spiro atoms. The van der Waals surface area contributed by atoms with Crippen LogP contribution in [0.15, 0.2) is 18.2 Å². The zero-order valence-corrected chi connectivity index (χ0v) is 6.21. The maximum absolute atomic E-state index is 11.3. The Morgan fingerprint density at radius 2 is 1.73 bits per heavy atom. The van der Waals surface area contributed by atoms with E-state index in [1.54, 1.807) is 18.2 Å². The predicted octanol–water partition coefficient (Wildman–Crippen LogP) is 1.96. The fraction of sp³-hybridized carbons (Fsp3) is 0. The van der Waals surface area contributed by atoms with Gasteiger partial charge in [0.05, 0.1) is 0 Å². The van der Waals surface area contributed by atoms with Crippen LogP contribution in [0.1, 0.15) is 0 Å². The Morgan fingerprint density at radius 1 is 1.09 bits per heavy atom. The summed E-state index contributed by atoms with van der Waals surface area (Å²) in [5.41, 5.74) is 0. The second-order valence-corrected chi connectivity index (χ2v) is 3.75. The van der Waals surface area contributed by atoms with Crippen LogP contribution in [0.2, 0.25) is 0 Å². The van der Waals surface area contributed by atoms with E-state index in [-0.39, 0.29) is 0 Å². The maximum Gasteiger partial charge on any atom is 0.647 e. The van der Waals surface area contributed by atoms with Crippen molar-refractivity contribution in [2.24, 2.45) is 0 Å². The van der Waals surface area contributed by atoms with E-state index in [1.807, 2.05) is 0 Å². The second-order valence-electron chi connectivity index (χ2n) is 2.30. The van der Waals surface area contributed by atoms with E-state index in [1.165, 1.54) is 0 Å². The van der Waals surface area contributed by atoms with Gasteiger partial charge < -0.3 is 13.6 Å². The lowest BCUT2D eigenvalue weighted by Crippen LogP contribution is -1.96. The smallest absolute Gasteiger partial charge is 0.382 e. The fourth-order valence-corrected chi connectivity index (χ4v) is 2.42. The minimum Gasteiger partial charge on any atom is -0.382 e. The van der Waals surface area contributed by atoms with E-state index in [2.05, 4.69) is 0 Å². The van der Waals surface area contributed by atoms with E-state index in [0.29, 0.717) is 17.2 Å². The molecule has 2 heterocycles. The first-order valence-corrected chi connectivity index (χ1v) is 4.55. The number of phosphoric ester groups is 1. The van der Waals surface area contributed by atoms with Crippen molar-refractivity contribution < 1.29 is 18.1 Å². The number of hydrogen-bond donors (Lipinski definition) is 0. The molecule has 0 atom stereocenters. The van der Waals surface area contributed by atoms with Crippen LogP contribution in [0.3, 0.4) is 0 Å². The van der Waals surface area contributed by atoms with Crippen molar-refractivity contribution in [2.45, 2.75) is 0 Å². The number of hydrogen-bond acceptors (Lipinski definition) is 4. The van der Waals surface area contributed by atoms with Crippen molar-refractivity contribution >= 4 is 7.82 Å². The van der Waals surface area contributed by atoms with Gasteiger partial charge in [-0.25, -0.2) is 0 Å². The molecular weight excluding hydrogens is 167 g/mol. The lowest BCUT2D eigenvalue weighted by molar-refractivity contribution is 0.354. The van der Waals surface area contributed by atoms with Crippen LogP contribution in [0.5, 0.6) is 17.2 Å². The van der Waals surface area contributed by atoms with E-state index in [9.17, 15) is 4.57 Å². The summed E-state index contributed by atoms with van der Waals surface area (Å²) in [7, 11) is -3.25. The van der Waals surface area contributed by atoms with E-state index in [0.717, 1.165) is 0 Å². The quantitative estimate of drug-likeness (QED) is 0.558. The second kappa shape index (κ2) is 1.38. The highest BCUT2D eigenvalue weighted by molar-refractivity contribution is 7.50. The lowest BCUT2D eigenvalue weighted by Gasteiger charge is -2.07. The van der Waals surface area contributed by atoms with Gasteiger partial charge in [0.15, 0.2) is 11.5 Å². The van der Waals surface area contributed by atoms with E-state index < -0.39 is 7.82 Å². The topological polar surface area (TPSA) is 44.8 Å². The minimum atomic E-state index is -3.25. The van der Waals surface area contributed by atoms with Crippen LogP contribution in [0, 0.1) is 0 Å². The van der Waals surface area contributed by atoms with Crippen molar-refractivity contribution in [2.75, 3.05) is 0 Å². The van der Waals surface area contributed by atoms with Crippen LogP contribution in [0.4, 0.5) is 0 Å². The fourth-order valence-electron chi connectivity index (χ4n) is 1.14. The lowest BCUT2D eigenvalue weighted by atomic mass is 10.3. The van der Waals surface area contributed by atoms with Crippen molar-refractivity contribution in [1.82, 2.24) is 0 Å². The molecule has 4 nitrogen and oxygen atoms in total. The normalized spacial score (nSPS) is 20.4. The number of fused-ring (bicyclic) bond motifs is 1. The highest BCUT2D eigenvalue weighted by Gasteiger charge is 2.49. The number of para-hydroxylation sites is 1. The van der Waals surface area contributed by atoms with Crippen molar-refractivity contribution in [3.63, 3.8) is 0 Å². The van der Waals surface area contributed by atoms with Crippen LogP contribution in [0.25, 0.3) is 0 Å². The maximum atomic E-state index is 11.3. The monoisotopic (exact) mass is 170 g/mol. The molecule has 0 amide bonds. The summed E-state index contributed by atoms with van der Waals surface area (Å²) in [6, 6.07) is 5.15. The average Bonchev–Trinajstić information content (AvgIpc) is 2.37. The average molecular weight is 170 g/mol. The summed E-state index contributed by atoms with van der Waals surface area (Å²) < 4.78 is 25.9. The van der Waals surface area contributed by atoms with Gasteiger partial charge in [0.2, 0.25) is 5.75 Å². The first-order valence-electron chi connectivity index (χ1n) is 3.09. The minimum absolute atomic E-state index is 0.468. The molecule has 2 bridgehead atoms. The molecule has 2 aliphatic heterocycles. The van der Waals surface area contributed by atoms with E-state index in [4.69, 9.17) is 13.6 Å². The largest absolute Gasteiger partial charge is 0.647 e. The van der Waals surface area contributed by atoms with Gasteiger partial charge in [-0.15, -0.1) is 0 Å². The summed E-state index contributed by atoms with van der Waals surface area (Å²) in [6.07, 6.45) is 0. The molecule has 2 aliphatic rings. The Labute approximate surface area is 62.3 Å². The number of benzene rings is 1. The third kappa shape index (κ3) is 0.535. The molecule has 0 saturated heterocycles. The number of phosphoric acid groups is 1. The van der Waals surface area contributed by atoms with Gasteiger partial charge >= 0.3 is 7.82 Å². The molecule has 0 saturated carbocycles. The summed E-state index contributed by atoms with van der Waals surface area (Å²) in [5, 5.41) is 0. The third-order valence-corrected chi connectivity index (χ3v) is 2.81. The van der Waals surface area contributed by atoms with Crippen molar-refractivity contribution in [3.8, 4) is 17.2 Å². The van der Waals surface area contributed by atoms with Gasteiger partial charge in [0.1, 0.15) is 0 Å². The van der Waals surface area contributed by atoms with Crippen LogP contribution < -0.4 is 13.6 Å². The standard InChI is InChI=1S/C6H3O4P/c7-11-8-4-2-1-3-5(9-11)6(4)10-11/h1-3H. The molecule has 0 N–H and O–H groups in total. The summed E-state index contributed by atoms with van der Waals surface area (Å²) in [4.78, 5) is 0. The van der Waals surface area contributed by atoms with E-state index >= 15 is 0 Å². The Kier molecular flexibility index (Phi) is 0.691. The Hall–Kier alpha value is -1.15. The Morgan fingerprint density at radius 3 is 2.18 bits per heavy atom. The number of rotatable bonds is 0. The molecule has 56 valence electrons. The molecule has 5 heteroatoms. The van der Waals surface area contributed by atoms with Crippen LogP contribution in [-0.2, 0) is 4.57 Å². The SMILES string of the molecule is O=P12Oc3cccc(c3O1)O2. The first-order chi connectivity index (χ1) is 5.27. The zero-order valence-electron chi connectivity index (χ0n) is 5.31. The molecule has 1 aromatic rings. The van der Waals surface area contributed by atoms with Gasteiger partial charge in [0, 0.05) is 0 Å². The van der Waals surface area contributed by atoms with Gasteiger partial charge in [-0.05, 0) is 12.1 Å². The highest BCUT2D eigenvalue weighted by Crippen LogP contribution is 2.68.